The molecule has 0 aliphatic rings. The number of thioether (sulfide) groups is 3. The fraction of sp³-hybridized carbons (Fsp3) is 1.00. The smallest absolute Gasteiger partial charge is 0.0743 e. The van der Waals surface area contributed by atoms with Crippen molar-refractivity contribution in [1.82, 2.24) is 0 Å². The molecule has 1 N–H and O–H groups in total. The highest BCUT2D eigenvalue weighted by Gasteiger charge is 2.29. The van der Waals surface area contributed by atoms with Crippen LogP contribution < -0.4 is 0 Å². The van der Waals surface area contributed by atoms with Gasteiger partial charge in [-0.3, -0.25) is 0 Å². The third-order valence-corrected chi connectivity index (χ3v) is 9.52. The van der Waals surface area contributed by atoms with Crippen molar-refractivity contribution in [3.8, 4) is 0 Å². The molecule has 0 fully saturated rings. The van der Waals surface area contributed by atoms with Gasteiger partial charge in [0.25, 0.3) is 0 Å². The molecule has 0 aromatic heterocycles. The van der Waals surface area contributed by atoms with Gasteiger partial charge in [0.1, 0.15) is 0 Å². The molecule has 0 heterocycles. The van der Waals surface area contributed by atoms with Crippen LogP contribution in [0.5, 0.6) is 0 Å². The molecular weight excluding hydrogens is 340 g/mol. The maximum absolute atomic E-state index is 10.8. The molecule has 0 bridgehead atoms. The van der Waals surface area contributed by atoms with Crippen molar-refractivity contribution >= 4 is 35.3 Å². The topological polar surface area (TPSA) is 20.2 Å². The van der Waals surface area contributed by atoms with E-state index in [0.717, 1.165) is 29.1 Å². The van der Waals surface area contributed by atoms with Gasteiger partial charge < -0.3 is 5.11 Å². The fourth-order valence-corrected chi connectivity index (χ4v) is 5.30. The third-order valence-electron chi connectivity index (χ3n) is 5.19. The zero-order valence-electron chi connectivity index (χ0n) is 16.8. The van der Waals surface area contributed by atoms with Crippen molar-refractivity contribution in [1.29, 1.82) is 0 Å². The summed E-state index contributed by atoms with van der Waals surface area (Å²) >= 11 is 5.88. The Morgan fingerprint density at radius 1 is 0.870 bits per heavy atom. The summed E-state index contributed by atoms with van der Waals surface area (Å²) in [6.45, 7) is 18.0. The van der Waals surface area contributed by atoms with E-state index in [0.29, 0.717) is 15.9 Å². The second kappa shape index (κ2) is 10.9. The van der Waals surface area contributed by atoms with E-state index >= 15 is 0 Å². The van der Waals surface area contributed by atoms with Crippen molar-refractivity contribution in [2.45, 2.75) is 89.6 Å². The molecule has 4 heteroatoms. The van der Waals surface area contributed by atoms with Crippen LogP contribution in [0.3, 0.4) is 0 Å². The maximum atomic E-state index is 10.8. The zero-order chi connectivity index (χ0) is 18.3. The van der Waals surface area contributed by atoms with E-state index in [1.165, 1.54) is 6.42 Å². The minimum Gasteiger partial charge on any atom is -0.389 e. The third kappa shape index (κ3) is 9.91. The average molecular weight is 381 g/mol. The molecule has 23 heavy (non-hydrogen) atoms. The quantitative estimate of drug-likeness (QED) is 0.460. The molecule has 0 aromatic carbocycles. The van der Waals surface area contributed by atoms with E-state index in [1.807, 2.05) is 42.2 Å². The SMILES string of the molecule is CSC(C)C(C)CCSC(C)C(C)(O)CCSC(C)C(C)(C)C. The first kappa shape index (κ1) is 24.0. The van der Waals surface area contributed by atoms with Crippen molar-refractivity contribution in [3.63, 3.8) is 0 Å². The molecule has 0 aliphatic carbocycles. The van der Waals surface area contributed by atoms with Crippen molar-refractivity contribution in [3.05, 3.63) is 0 Å². The fourth-order valence-electron chi connectivity index (χ4n) is 1.97. The van der Waals surface area contributed by atoms with Crippen LogP contribution in [0.1, 0.15) is 68.2 Å². The molecule has 0 radical (unpaired) electrons. The van der Waals surface area contributed by atoms with Gasteiger partial charge in [-0.15, -0.1) is 0 Å². The summed E-state index contributed by atoms with van der Waals surface area (Å²) in [7, 11) is 0. The number of hydrogen-bond acceptors (Lipinski definition) is 4. The second-order valence-electron chi connectivity index (χ2n) is 8.21. The summed E-state index contributed by atoms with van der Waals surface area (Å²) < 4.78 is 0. The first-order chi connectivity index (χ1) is 10.4. The number of aliphatic hydroxyl groups is 1. The van der Waals surface area contributed by atoms with E-state index in [2.05, 4.69) is 54.7 Å². The molecule has 140 valence electrons. The Labute approximate surface area is 158 Å². The van der Waals surface area contributed by atoms with E-state index in [4.69, 9.17) is 0 Å². The lowest BCUT2D eigenvalue weighted by Crippen LogP contribution is -2.36. The second-order valence-corrected chi connectivity index (χ2v) is 12.3. The summed E-state index contributed by atoms with van der Waals surface area (Å²) in [6, 6.07) is 0. The van der Waals surface area contributed by atoms with E-state index in [-0.39, 0.29) is 0 Å². The molecule has 0 amide bonds. The molecular formula is C19H40OS3. The Hall–Kier alpha value is 1.01. The molecule has 5 atom stereocenters. The van der Waals surface area contributed by atoms with Crippen molar-refractivity contribution in [2.75, 3.05) is 17.8 Å². The van der Waals surface area contributed by atoms with E-state index in [9.17, 15) is 5.11 Å². The van der Waals surface area contributed by atoms with Gasteiger partial charge in [0.2, 0.25) is 0 Å². The van der Waals surface area contributed by atoms with E-state index in [1.54, 1.807) is 0 Å². The highest BCUT2D eigenvalue weighted by atomic mass is 32.2. The Kier molecular flexibility index (Phi) is 11.4. The number of rotatable bonds is 11. The summed E-state index contributed by atoms with van der Waals surface area (Å²) in [5, 5.41) is 12.4. The summed E-state index contributed by atoms with van der Waals surface area (Å²) in [6.07, 6.45) is 4.31. The van der Waals surface area contributed by atoms with Crippen LogP contribution in [0.25, 0.3) is 0 Å². The highest BCUT2D eigenvalue weighted by molar-refractivity contribution is 8.00. The average Bonchev–Trinajstić information content (AvgIpc) is 2.44. The normalized spacial score (nSPS) is 20.6. The lowest BCUT2D eigenvalue weighted by molar-refractivity contribution is 0.0591. The van der Waals surface area contributed by atoms with Crippen LogP contribution in [0.15, 0.2) is 0 Å². The molecule has 5 unspecified atom stereocenters. The summed E-state index contributed by atoms with van der Waals surface area (Å²) in [4.78, 5) is 0. The van der Waals surface area contributed by atoms with E-state index < -0.39 is 5.60 Å². The molecule has 0 saturated heterocycles. The predicted octanol–water partition coefficient (Wildman–Crippen LogP) is 6.19. The van der Waals surface area contributed by atoms with Gasteiger partial charge in [-0.25, -0.2) is 0 Å². The first-order valence-electron chi connectivity index (χ1n) is 8.90. The van der Waals surface area contributed by atoms with Crippen LogP contribution in [0.2, 0.25) is 0 Å². The Bertz CT molecular complexity index is 312. The molecule has 0 spiro atoms. The minimum atomic E-state index is -0.566. The van der Waals surface area contributed by atoms with Crippen LogP contribution in [-0.4, -0.2) is 44.2 Å². The highest BCUT2D eigenvalue weighted by Crippen LogP contribution is 2.34. The predicted molar refractivity (Wildman–Crippen MR) is 115 cm³/mol. The Balaban J connectivity index is 4.12. The molecule has 0 saturated carbocycles. The van der Waals surface area contributed by atoms with Gasteiger partial charge in [-0.05, 0) is 48.9 Å². The van der Waals surface area contributed by atoms with Gasteiger partial charge in [0, 0.05) is 15.7 Å². The van der Waals surface area contributed by atoms with Gasteiger partial charge in [0.15, 0.2) is 0 Å². The number of hydrogen-bond donors (Lipinski definition) is 1. The molecule has 0 aromatic rings. The summed E-state index contributed by atoms with van der Waals surface area (Å²) in [5.74, 6) is 2.93. The lowest BCUT2D eigenvalue weighted by atomic mass is 9.93. The monoisotopic (exact) mass is 380 g/mol. The van der Waals surface area contributed by atoms with Gasteiger partial charge in [-0.2, -0.15) is 35.3 Å². The standard InChI is InChI=1S/C19H40OS3/c1-14(15(2)21-9)10-12-22-17(4)19(8,20)11-13-23-16(3)18(5,6)7/h14-17,20H,10-13H2,1-9H3. The van der Waals surface area contributed by atoms with Crippen LogP contribution >= 0.6 is 35.3 Å². The lowest BCUT2D eigenvalue weighted by Gasteiger charge is -2.32. The van der Waals surface area contributed by atoms with Crippen LogP contribution in [0, 0.1) is 11.3 Å². The van der Waals surface area contributed by atoms with Gasteiger partial charge in [-0.1, -0.05) is 48.5 Å². The van der Waals surface area contributed by atoms with Gasteiger partial charge in [0.05, 0.1) is 5.60 Å². The first-order valence-corrected chi connectivity index (χ1v) is 12.3. The summed E-state index contributed by atoms with van der Waals surface area (Å²) in [5.41, 5.74) is -0.232. The maximum Gasteiger partial charge on any atom is 0.0743 e. The van der Waals surface area contributed by atoms with Gasteiger partial charge >= 0.3 is 0 Å². The van der Waals surface area contributed by atoms with Crippen molar-refractivity contribution in [2.24, 2.45) is 11.3 Å². The molecule has 1 nitrogen and oxygen atoms in total. The zero-order valence-corrected chi connectivity index (χ0v) is 19.3. The molecule has 0 rings (SSSR count). The minimum absolute atomic E-state index is 0.296. The largest absolute Gasteiger partial charge is 0.389 e. The van der Waals surface area contributed by atoms with Crippen LogP contribution in [0.4, 0.5) is 0 Å². The Morgan fingerprint density at radius 3 is 1.87 bits per heavy atom. The Morgan fingerprint density at radius 2 is 1.39 bits per heavy atom. The van der Waals surface area contributed by atoms with Crippen molar-refractivity contribution < 1.29 is 5.11 Å². The molecule has 0 aliphatic heterocycles. The van der Waals surface area contributed by atoms with Crippen LogP contribution in [-0.2, 0) is 0 Å².